The van der Waals surface area contributed by atoms with Gasteiger partial charge in [-0.3, -0.25) is 9.78 Å². The van der Waals surface area contributed by atoms with E-state index in [1.54, 1.807) is 25.1 Å². The molecule has 18 heavy (non-hydrogen) atoms. The molecule has 0 aliphatic rings. The van der Waals surface area contributed by atoms with Crippen LogP contribution in [0.25, 0.3) is 0 Å². The Morgan fingerprint density at radius 2 is 2.06 bits per heavy atom. The van der Waals surface area contributed by atoms with Gasteiger partial charge in [-0.2, -0.15) is 0 Å². The minimum Gasteiger partial charge on any atom is -0.325 e. The summed E-state index contributed by atoms with van der Waals surface area (Å²) in [6, 6.07) is 7.50. The summed E-state index contributed by atoms with van der Waals surface area (Å²) in [5.74, 6) is -0.638. The Morgan fingerprint density at radius 1 is 1.28 bits per heavy atom. The van der Waals surface area contributed by atoms with Crippen LogP contribution in [0.5, 0.6) is 0 Å². The Morgan fingerprint density at radius 3 is 2.72 bits per heavy atom. The highest BCUT2D eigenvalue weighted by atomic mass is 19.1. The van der Waals surface area contributed by atoms with Crippen molar-refractivity contribution in [2.45, 2.75) is 13.5 Å². The summed E-state index contributed by atoms with van der Waals surface area (Å²) in [6.07, 6.45) is 1.53. The number of nitrogens with zero attached hydrogens (tertiary/aromatic N) is 1. The zero-order valence-corrected chi connectivity index (χ0v) is 9.98. The molecule has 1 aromatic heterocycles. The van der Waals surface area contributed by atoms with Crippen molar-refractivity contribution in [3.05, 3.63) is 64.7 Å². The molecule has 4 heteroatoms. The molecule has 0 bridgehead atoms. The highest BCUT2D eigenvalue weighted by molar-refractivity contribution is 6.09. The monoisotopic (exact) mass is 244 g/mol. The first-order valence-corrected chi connectivity index (χ1v) is 5.57. The second-order valence-electron chi connectivity index (χ2n) is 4.09. The summed E-state index contributed by atoms with van der Waals surface area (Å²) < 4.78 is 13.3. The lowest BCUT2D eigenvalue weighted by Crippen LogP contribution is -2.06. The topological polar surface area (TPSA) is 56.0 Å². The first-order valence-electron chi connectivity index (χ1n) is 5.57. The highest BCUT2D eigenvalue weighted by Crippen LogP contribution is 2.14. The SMILES string of the molecule is Cc1cc(F)cc(C(=O)c2ccnc(CN)c2)c1. The fraction of sp³-hybridized carbons (Fsp3) is 0.143. The molecule has 0 atom stereocenters. The lowest BCUT2D eigenvalue weighted by atomic mass is 10.0. The van der Waals surface area contributed by atoms with Crippen LogP contribution in [0.4, 0.5) is 4.39 Å². The second kappa shape index (κ2) is 5.06. The van der Waals surface area contributed by atoms with E-state index in [-0.39, 0.29) is 12.3 Å². The van der Waals surface area contributed by atoms with Crippen LogP contribution in [0, 0.1) is 12.7 Å². The summed E-state index contributed by atoms with van der Waals surface area (Å²) in [4.78, 5) is 16.2. The lowest BCUT2D eigenvalue weighted by Gasteiger charge is -2.04. The van der Waals surface area contributed by atoms with Crippen LogP contribution in [0.2, 0.25) is 0 Å². The summed E-state index contributed by atoms with van der Waals surface area (Å²) in [5.41, 5.74) is 7.62. The number of hydrogen-bond acceptors (Lipinski definition) is 3. The van der Waals surface area contributed by atoms with E-state index in [0.29, 0.717) is 22.4 Å². The molecule has 0 aliphatic heterocycles. The average Bonchev–Trinajstić information content (AvgIpc) is 2.37. The van der Waals surface area contributed by atoms with E-state index in [2.05, 4.69) is 4.98 Å². The third-order valence-electron chi connectivity index (χ3n) is 2.59. The Labute approximate surface area is 104 Å². The van der Waals surface area contributed by atoms with Crippen LogP contribution in [0.15, 0.2) is 36.5 Å². The average molecular weight is 244 g/mol. The van der Waals surface area contributed by atoms with E-state index >= 15 is 0 Å². The highest BCUT2D eigenvalue weighted by Gasteiger charge is 2.11. The summed E-state index contributed by atoms with van der Waals surface area (Å²) in [7, 11) is 0. The van der Waals surface area contributed by atoms with E-state index in [9.17, 15) is 9.18 Å². The van der Waals surface area contributed by atoms with Gasteiger partial charge in [0.25, 0.3) is 0 Å². The molecule has 2 aromatic rings. The molecular formula is C14H13FN2O. The fourth-order valence-electron chi connectivity index (χ4n) is 1.77. The Kier molecular flexibility index (Phi) is 3.48. The lowest BCUT2D eigenvalue weighted by molar-refractivity contribution is 0.103. The number of ketones is 1. The largest absolute Gasteiger partial charge is 0.325 e. The molecule has 0 saturated heterocycles. The van der Waals surface area contributed by atoms with Crippen molar-refractivity contribution in [1.82, 2.24) is 4.98 Å². The number of rotatable bonds is 3. The number of nitrogens with two attached hydrogens (primary N) is 1. The predicted molar refractivity (Wildman–Crippen MR) is 66.7 cm³/mol. The number of halogens is 1. The molecule has 0 unspecified atom stereocenters. The number of carbonyl (C=O) groups is 1. The van der Waals surface area contributed by atoms with Crippen molar-refractivity contribution in [3.8, 4) is 0 Å². The fourth-order valence-corrected chi connectivity index (χ4v) is 1.77. The molecule has 0 fully saturated rings. The van der Waals surface area contributed by atoms with Crippen LogP contribution in [-0.4, -0.2) is 10.8 Å². The minimum atomic E-state index is -0.411. The van der Waals surface area contributed by atoms with Gasteiger partial charge >= 0.3 is 0 Å². The van der Waals surface area contributed by atoms with E-state index in [4.69, 9.17) is 5.73 Å². The maximum absolute atomic E-state index is 13.3. The number of pyridine rings is 1. The Bertz CT molecular complexity index is 576. The number of benzene rings is 1. The maximum atomic E-state index is 13.3. The standard InChI is InChI=1S/C14H13FN2O/c1-9-4-11(6-12(15)5-9)14(18)10-2-3-17-13(7-10)8-16/h2-7H,8,16H2,1H3. The van der Waals surface area contributed by atoms with Crippen molar-refractivity contribution >= 4 is 5.78 Å². The number of aryl methyl sites for hydroxylation is 1. The number of aromatic nitrogens is 1. The third-order valence-corrected chi connectivity index (χ3v) is 2.59. The van der Waals surface area contributed by atoms with Gasteiger partial charge in [-0.05, 0) is 42.8 Å². The molecule has 0 amide bonds. The zero-order chi connectivity index (χ0) is 13.1. The van der Waals surface area contributed by atoms with Gasteiger partial charge in [0.2, 0.25) is 0 Å². The van der Waals surface area contributed by atoms with E-state index in [0.717, 1.165) is 0 Å². The van der Waals surface area contributed by atoms with E-state index in [1.807, 2.05) is 0 Å². The normalized spacial score (nSPS) is 10.4. The molecule has 0 radical (unpaired) electrons. The van der Waals surface area contributed by atoms with Gasteiger partial charge in [0.15, 0.2) is 5.78 Å². The van der Waals surface area contributed by atoms with Crippen molar-refractivity contribution in [1.29, 1.82) is 0 Å². The molecule has 0 spiro atoms. The zero-order valence-electron chi connectivity index (χ0n) is 9.98. The molecule has 1 heterocycles. The molecular weight excluding hydrogens is 231 g/mol. The van der Waals surface area contributed by atoms with E-state index < -0.39 is 5.82 Å². The van der Waals surface area contributed by atoms with Gasteiger partial charge in [-0.15, -0.1) is 0 Å². The smallest absolute Gasteiger partial charge is 0.193 e. The molecule has 2 rings (SSSR count). The van der Waals surface area contributed by atoms with Crippen LogP contribution >= 0.6 is 0 Å². The summed E-state index contributed by atoms with van der Waals surface area (Å²) in [5, 5.41) is 0. The minimum absolute atomic E-state index is 0.227. The van der Waals surface area contributed by atoms with Crippen molar-refractivity contribution < 1.29 is 9.18 Å². The molecule has 0 saturated carbocycles. The van der Waals surface area contributed by atoms with Crippen LogP contribution < -0.4 is 5.73 Å². The van der Waals surface area contributed by atoms with Gasteiger partial charge < -0.3 is 5.73 Å². The molecule has 1 aromatic carbocycles. The Hall–Kier alpha value is -2.07. The first-order chi connectivity index (χ1) is 8.60. The molecule has 92 valence electrons. The van der Waals surface area contributed by atoms with Crippen molar-refractivity contribution in [2.24, 2.45) is 5.73 Å². The van der Waals surface area contributed by atoms with Gasteiger partial charge in [0, 0.05) is 23.9 Å². The van der Waals surface area contributed by atoms with Crippen molar-refractivity contribution in [2.75, 3.05) is 0 Å². The summed E-state index contributed by atoms with van der Waals surface area (Å²) in [6.45, 7) is 2.01. The number of hydrogen-bond donors (Lipinski definition) is 1. The van der Waals surface area contributed by atoms with Crippen LogP contribution in [0.1, 0.15) is 27.2 Å². The predicted octanol–water partition coefficient (Wildman–Crippen LogP) is 2.22. The van der Waals surface area contributed by atoms with Crippen LogP contribution in [0.3, 0.4) is 0 Å². The van der Waals surface area contributed by atoms with E-state index in [1.165, 1.54) is 18.3 Å². The van der Waals surface area contributed by atoms with Gasteiger partial charge in [0.1, 0.15) is 5.82 Å². The molecule has 0 aliphatic carbocycles. The van der Waals surface area contributed by atoms with Crippen molar-refractivity contribution in [3.63, 3.8) is 0 Å². The summed E-state index contributed by atoms with van der Waals surface area (Å²) >= 11 is 0. The third kappa shape index (κ3) is 2.60. The molecule has 3 nitrogen and oxygen atoms in total. The Balaban J connectivity index is 2.41. The number of carbonyl (C=O) groups excluding carboxylic acids is 1. The second-order valence-corrected chi connectivity index (χ2v) is 4.09. The van der Waals surface area contributed by atoms with Crippen LogP contribution in [-0.2, 0) is 6.54 Å². The maximum Gasteiger partial charge on any atom is 0.193 e. The molecule has 2 N–H and O–H groups in total. The quantitative estimate of drug-likeness (QED) is 0.842. The van der Waals surface area contributed by atoms with Gasteiger partial charge in [0.05, 0.1) is 5.69 Å². The van der Waals surface area contributed by atoms with Gasteiger partial charge in [-0.1, -0.05) is 0 Å². The first kappa shape index (κ1) is 12.4. The van der Waals surface area contributed by atoms with Gasteiger partial charge in [-0.25, -0.2) is 4.39 Å².